The maximum absolute atomic E-state index is 12.4. The first-order valence-electron chi connectivity index (χ1n) is 7.89. The fourth-order valence-electron chi connectivity index (χ4n) is 2.28. The van der Waals surface area contributed by atoms with Crippen LogP contribution in [0, 0.1) is 6.92 Å². The fraction of sp³-hybridized carbons (Fsp3) is 0.857. The molecule has 0 aromatic rings. The Hall–Kier alpha value is -0.940. The molecule has 10 heteroatoms. The van der Waals surface area contributed by atoms with Gasteiger partial charge in [-0.2, -0.15) is 0 Å². The van der Waals surface area contributed by atoms with Crippen LogP contribution < -0.4 is 4.72 Å². The van der Waals surface area contributed by atoms with Gasteiger partial charge in [-0.25, -0.2) is 28.0 Å². The van der Waals surface area contributed by atoms with E-state index in [9.17, 15) is 13.2 Å². The van der Waals surface area contributed by atoms with Gasteiger partial charge in [0.05, 0.1) is 25.5 Å². The Kier molecular flexibility index (Phi) is 9.52. The number of morpholine rings is 1. The lowest BCUT2D eigenvalue weighted by Crippen LogP contribution is -2.52. The van der Waals surface area contributed by atoms with Gasteiger partial charge in [0.1, 0.15) is 6.61 Å². The van der Waals surface area contributed by atoms with Crippen molar-refractivity contribution in [3.8, 4) is 0 Å². The number of hydrogen-bond acceptors (Lipinski definition) is 7. The van der Waals surface area contributed by atoms with Crippen LogP contribution in [-0.4, -0.2) is 90.0 Å². The fourth-order valence-corrected chi connectivity index (χ4v) is 3.07. The molecule has 1 unspecified atom stereocenters. The molecule has 9 nitrogen and oxygen atoms in total. The van der Waals surface area contributed by atoms with E-state index in [0.717, 1.165) is 6.26 Å². The number of carbonyl (C=O) groups excluding carboxylic acids is 1. The van der Waals surface area contributed by atoms with E-state index in [4.69, 9.17) is 14.2 Å². The Balaban J connectivity index is 2.59. The van der Waals surface area contributed by atoms with Crippen molar-refractivity contribution in [3.05, 3.63) is 6.92 Å². The van der Waals surface area contributed by atoms with Gasteiger partial charge in [-0.15, -0.1) is 0 Å². The number of amides is 1. The van der Waals surface area contributed by atoms with E-state index >= 15 is 0 Å². The first kappa shape index (κ1) is 21.1. The second-order valence-corrected chi connectivity index (χ2v) is 7.27. The van der Waals surface area contributed by atoms with Gasteiger partial charge in [0.15, 0.2) is 0 Å². The van der Waals surface area contributed by atoms with E-state index < -0.39 is 22.2 Å². The van der Waals surface area contributed by atoms with Crippen molar-refractivity contribution in [1.29, 1.82) is 0 Å². The highest BCUT2D eigenvalue weighted by molar-refractivity contribution is 7.88. The molecule has 0 aromatic heterocycles. The number of nitrogens with one attached hydrogen (secondary N) is 1. The number of methoxy groups -OCH3 is 1. The smallest absolute Gasteiger partial charge is 0.424 e. The lowest BCUT2D eigenvalue weighted by Gasteiger charge is -2.36. The highest BCUT2D eigenvalue weighted by atomic mass is 32.2. The molecule has 1 amide bonds. The van der Waals surface area contributed by atoms with Crippen molar-refractivity contribution in [2.75, 3.05) is 59.4 Å². The maximum atomic E-state index is 12.4. The summed E-state index contributed by atoms with van der Waals surface area (Å²) >= 11 is 0. The van der Waals surface area contributed by atoms with Crippen molar-refractivity contribution in [2.45, 2.75) is 18.9 Å². The van der Waals surface area contributed by atoms with Gasteiger partial charge in [0.2, 0.25) is 10.0 Å². The Bertz CT molecular complexity index is 467. The van der Waals surface area contributed by atoms with Gasteiger partial charge in [-0.1, -0.05) is 6.92 Å². The van der Waals surface area contributed by atoms with Gasteiger partial charge >= 0.3 is 6.09 Å². The zero-order chi connectivity index (χ0) is 18.0. The number of sulfonamides is 1. The van der Waals surface area contributed by atoms with E-state index in [2.05, 4.69) is 11.6 Å². The van der Waals surface area contributed by atoms with E-state index in [-0.39, 0.29) is 6.61 Å². The molecule has 0 bridgehead atoms. The van der Waals surface area contributed by atoms with Crippen LogP contribution in [0.5, 0.6) is 0 Å². The molecular weight excluding hydrogens is 338 g/mol. The molecule has 1 atom stereocenters. The molecule has 141 valence electrons. The number of hydrogen-bond donors (Lipinski definition) is 1. The molecule has 1 rings (SSSR count). The minimum absolute atomic E-state index is 0.0623. The lowest BCUT2D eigenvalue weighted by molar-refractivity contribution is -0.0796. The number of ether oxygens (including phenoxy) is 3. The standard InChI is InChI=1S/C14H28N3O6S/c1-4-6-17(16-7-10-22-11-8-16)14(18)23-12-13(5-9-21-2)15-24(3,19)20/h13,15H,1,4-12H2,2-3H3. The van der Waals surface area contributed by atoms with Crippen LogP contribution in [0.2, 0.25) is 0 Å². The van der Waals surface area contributed by atoms with Crippen molar-refractivity contribution in [3.63, 3.8) is 0 Å². The summed E-state index contributed by atoms with van der Waals surface area (Å²) in [6.45, 7) is 6.80. The Morgan fingerprint density at radius 1 is 1.42 bits per heavy atom. The third kappa shape index (κ3) is 8.25. The molecular formula is C14H28N3O6S. The summed E-state index contributed by atoms with van der Waals surface area (Å²) in [5.74, 6) is 0. The van der Waals surface area contributed by atoms with E-state index in [0.29, 0.717) is 52.3 Å². The lowest BCUT2D eigenvalue weighted by atomic mass is 10.2. The Labute approximate surface area is 144 Å². The maximum Gasteiger partial charge on any atom is 0.424 e. The molecule has 24 heavy (non-hydrogen) atoms. The van der Waals surface area contributed by atoms with Gasteiger partial charge < -0.3 is 14.2 Å². The van der Waals surface area contributed by atoms with Gasteiger partial charge in [0.25, 0.3) is 0 Å². The Morgan fingerprint density at radius 3 is 2.62 bits per heavy atom. The van der Waals surface area contributed by atoms with Crippen molar-refractivity contribution in [1.82, 2.24) is 14.7 Å². The van der Waals surface area contributed by atoms with Crippen LogP contribution in [0.25, 0.3) is 0 Å². The van der Waals surface area contributed by atoms with E-state index in [1.165, 1.54) is 12.1 Å². The first-order chi connectivity index (χ1) is 11.4. The monoisotopic (exact) mass is 366 g/mol. The highest BCUT2D eigenvalue weighted by Gasteiger charge is 2.25. The highest BCUT2D eigenvalue weighted by Crippen LogP contribution is 2.07. The molecule has 0 aromatic carbocycles. The average Bonchev–Trinajstić information content (AvgIpc) is 2.54. The van der Waals surface area contributed by atoms with E-state index in [1.807, 2.05) is 5.01 Å². The molecule has 1 fully saturated rings. The third-order valence-electron chi connectivity index (χ3n) is 3.37. The predicted octanol–water partition coefficient (Wildman–Crippen LogP) is -0.149. The first-order valence-corrected chi connectivity index (χ1v) is 9.79. The number of hydrazine groups is 1. The second-order valence-electron chi connectivity index (χ2n) is 5.49. The summed E-state index contributed by atoms with van der Waals surface area (Å²) in [7, 11) is -1.87. The third-order valence-corrected chi connectivity index (χ3v) is 4.13. The molecule has 1 saturated heterocycles. The number of nitrogens with zero attached hydrogens (tertiary/aromatic N) is 2. The molecule has 0 aliphatic carbocycles. The van der Waals surface area contributed by atoms with Gasteiger partial charge in [-0.3, -0.25) is 0 Å². The van der Waals surface area contributed by atoms with Gasteiger partial charge in [0, 0.05) is 33.4 Å². The molecule has 0 spiro atoms. The van der Waals surface area contributed by atoms with Crippen LogP contribution in [0.3, 0.4) is 0 Å². The van der Waals surface area contributed by atoms with Crippen LogP contribution in [0.15, 0.2) is 0 Å². The Morgan fingerprint density at radius 2 is 2.08 bits per heavy atom. The molecule has 0 saturated carbocycles. The van der Waals surface area contributed by atoms with Crippen LogP contribution in [0.1, 0.15) is 12.8 Å². The minimum atomic E-state index is -3.40. The molecule has 1 heterocycles. The number of rotatable bonds is 10. The largest absolute Gasteiger partial charge is 0.447 e. The second kappa shape index (κ2) is 10.8. The van der Waals surface area contributed by atoms with Crippen molar-refractivity contribution < 1.29 is 27.4 Å². The summed E-state index contributed by atoms with van der Waals surface area (Å²) in [5.41, 5.74) is 0. The summed E-state index contributed by atoms with van der Waals surface area (Å²) in [5, 5.41) is 3.37. The van der Waals surface area contributed by atoms with Crippen molar-refractivity contribution in [2.24, 2.45) is 0 Å². The quantitative estimate of drug-likeness (QED) is 0.574. The van der Waals surface area contributed by atoms with Crippen LogP contribution >= 0.6 is 0 Å². The summed E-state index contributed by atoms with van der Waals surface area (Å²) < 4.78 is 40.8. The minimum Gasteiger partial charge on any atom is -0.447 e. The predicted molar refractivity (Wildman–Crippen MR) is 88.7 cm³/mol. The molecule has 1 radical (unpaired) electrons. The SMILES string of the molecule is [CH2]CCN(C(=O)OCC(CCOC)NS(C)(=O)=O)N1CCOCC1. The van der Waals surface area contributed by atoms with E-state index in [1.54, 1.807) is 0 Å². The van der Waals surface area contributed by atoms with Gasteiger partial charge in [-0.05, 0) is 12.8 Å². The summed E-state index contributed by atoms with van der Waals surface area (Å²) in [6.07, 6.45) is 1.50. The summed E-state index contributed by atoms with van der Waals surface area (Å²) in [6, 6.07) is -0.532. The molecule has 1 N–H and O–H groups in total. The zero-order valence-corrected chi connectivity index (χ0v) is 15.2. The zero-order valence-electron chi connectivity index (χ0n) is 14.4. The molecule has 1 aliphatic heterocycles. The number of carbonyl (C=O) groups is 1. The topological polar surface area (TPSA) is 97.4 Å². The van der Waals surface area contributed by atoms with Crippen LogP contribution in [-0.2, 0) is 24.2 Å². The molecule has 1 aliphatic rings. The average molecular weight is 366 g/mol. The van der Waals surface area contributed by atoms with Crippen molar-refractivity contribution >= 4 is 16.1 Å². The van der Waals surface area contributed by atoms with Crippen LogP contribution in [0.4, 0.5) is 4.79 Å². The normalized spacial score (nSPS) is 17.5. The summed E-state index contributed by atoms with van der Waals surface area (Å²) in [4.78, 5) is 12.4.